The monoisotopic (exact) mass is 297 g/mol. The number of rotatable bonds is 4. The Morgan fingerprint density at radius 2 is 2.14 bits per heavy atom. The van der Waals surface area contributed by atoms with E-state index in [1.807, 2.05) is 42.8 Å². The zero-order valence-electron chi connectivity index (χ0n) is 13.0. The van der Waals surface area contributed by atoms with E-state index >= 15 is 0 Å². The fourth-order valence-electron chi connectivity index (χ4n) is 2.74. The number of aromatic nitrogens is 2. The third kappa shape index (κ3) is 2.33. The van der Waals surface area contributed by atoms with Crippen molar-refractivity contribution in [2.24, 2.45) is 7.05 Å². The van der Waals surface area contributed by atoms with E-state index < -0.39 is 0 Å². The van der Waals surface area contributed by atoms with Crippen molar-refractivity contribution in [1.82, 2.24) is 14.9 Å². The third-order valence-corrected chi connectivity index (χ3v) is 4.11. The second-order valence-corrected chi connectivity index (χ2v) is 5.53. The van der Waals surface area contributed by atoms with Gasteiger partial charge in [-0.05, 0) is 19.1 Å². The van der Waals surface area contributed by atoms with Gasteiger partial charge in [0.15, 0.2) is 0 Å². The van der Waals surface area contributed by atoms with Crippen molar-refractivity contribution in [3.05, 3.63) is 41.7 Å². The molecule has 4 N–H and O–H groups in total. The summed E-state index contributed by atoms with van der Waals surface area (Å²) in [6, 6.07) is 9.98. The molecule has 1 aromatic carbocycles. The molecule has 2 heterocycles. The Labute approximate surface area is 129 Å². The van der Waals surface area contributed by atoms with Crippen molar-refractivity contribution in [3.63, 3.8) is 0 Å². The highest BCUT2D eigenvalue weighted by Crippen LogP contribution is 2.33. The minimum atomic E-state index is -0.0498. The van der Waals surface area contributed by atoms with Crippen LogP contribution in [0.4, 0.5) is 0 Å². The van der Waals surface area contributed by atoms with E-state index in [0.717, 1.165) is 40.8 Å². The lowest BCUT2D eigenvalue weighted by Crippen LogP contribution is -2.51. The molecule has 5 heteroatoms. The number of carbonyl (C=O) groups is 1. The Kier molecular flexibility index (Phi) is 3.81. The van der Waals surface area contributed by atoms with Crippen LogP contribution < -0.4 is 11.1 Å². The molecule has 0 saturated heterocycles. The van der Waals surface area contributed by atoms with Gasteiger partial charge < -0.3 is 15.6 Å². The molecule has 0 aromatic heterocycles. The van der Waals surface area contributed by atoms with Crippen molar-refractivity contribution in [3.8, 4) is 11.3 Å². The molecular weight excluding hydrogens is 276 g/mol. The van der Waals surface area contributed by atoms with E-state index in [-0.39, 0.29) is 5.91 Å². The molecule has 0 atom stereocenters. The zero-order chi connectivity index (χ0) is 15.7. The maximum Gasteiger partial charge on any atom is 0.267 e. The van der Waals surface area contributed by atoms with Crippen molar-refractivity contribution in [2.45, 2.75) is 13.3 Å². The van der Waals surface area contributed by atoms with Gasteiger partial charge in [-0.2, -0.15) is 0 Å². The van der Waals surface area contributed by atoms with Gasteiger partial charge in [0.05, 0.1) is 17.8 Å². The van der Waals surface area contributed by atoms with Crippen LogP contribution in [0.3, 0.4) is 0 Å². The molecule has 114 valence electrons. The third-order valence-electron chi connectivity index (χ3n) is 4.11. The number of quaternary nitrogens is 1. The Balaban J connectivity index is 2.11. The molecule has 3 rings (SSSR count). The quantitative estimate of drug-likeness (QED) is 0.713. The molecule has 22 heavy (non-hydrogen) atoms. The molecule has 2 aliphatic heterocycles. The summed E-state index contributed by atoms with van der Waals surface area (Å²) >= 11 is 0. The summed E-state index contributed by atoms with van der Waals surface area (Å²) < 4.78 is 1.91. The average molecular weight is 297 g/mol. The SMILES string of the molecule is Cc1c2nc3ccccc3c-2cc(C(=O)NCCC[NH3+])n1C. The zero-order valence-corrected chi connectivity index (χ0v) is 13.0. The minimum Gasteiger partial charge on any atom is -0.358 e. The first kappa shape index (κ1) is 14.5. The van der Waals surface area contributed by atoms with E-state index in [0.29, 0.717) is 12.2 Å². The lowest BCUT2D eigenvalue weighted by molar-refractivity contribution is -0.367. The Morgan fingerprint density at radius 1 is 1.36 bits per heavy atom. The molecule has 0 saturated carbocycles. The first-order valence-corrected chi connectivity index (χ1v) is 7.55. The number of nitrogens with one attached hydrogen (secondary N) is 1. The second-order valence-electron chi connectivity index (χ2n) is 5.53. The summed E-state index contributed by atoms with van der Waals surface area (Å²) in [5.41, 5.74) is 8.41. The minimum absolute atomic E-state index is 0.0498. The topological polar surface area (TPSA) is 74.6 Å². The van der Waals surface area contributed by atoms with Gasteiger partial charge in [0.2, 0.25) is 0 Å². The normalized spacial score (nSPS) is 11.2. The van der Waals surface area contributed by atoms with E-state index in [2.05, 4.69) is 17.1 Å². The fourth-order valence-corrected chi connectivity index (χ4v) is 2.74. The molecule has 1 aromatic rings. The molecule has 0 fully saturated rings. The predicted octanol–water partition coefficient (Wildman–Crippen LogP) is 1.35. The highest BCUT2D eigenvalue weighted by atomic mass is 16.1. The van der Waals surface area contributed by atoms with Crippen LogP contribution in [0.25, 0.3) is 22.2 Å². The maximum absolute atomic E-state index is 12.4. The Morgan fingerprint density at radius 3 is 2.91 bits per heavy atom. The molecule has 0 spiro atoms. The number of nitrogens with zero attached hydrogens (tertiary/aromatic N) is 2. The largest absolute Gasteiger partial charge is 0.358 e. The number of hydrogen-bond acceptors (Lipinski definition) is 2. The van der Waals surface area contributed by atoms with Gasteiger partial charge in [0.1, 0.15) is 5.69 Å². The van der Waals surface area contributed by atoms with Gasteiger partial charge in [-0.15, -0.1) is 0 Å². The molecular formula is C17H21N4O+. The summed E-state index contributed by atoms with van der Waals surface area (Å²) in [5.74, 6) is -0.0498. The van der Waals surface area contributed by atoms with Crippen LogP contribution in [-0.2, 0) is 7.05 Å². The summed E-state index contributed by atoms with van der Waals surface area (Å²) in [5, 5.41) is 4.04. The van der Waals surface area contributed by atoms with E-state index in [9.17, 15) is 4.79 Å². The van der Waals surface area contributed by atoms with Gasteiger partial charge in [-0.3, -0.25) is 4.79 Å². The van der Waals surface area contributed by atoms with E-state index in [1.54, 1.807) is 0 Å². The molecule has 5 nitrogen and oxygen atoms in total. The number of benzene rings is 1. The van der Waals surface area contributed by atoms with E-state index in [4.69, 9.17) is 4.98 Å². The standard InChI is InChI=1S/C17H20N4O/c1-11-16-13(12-6-3-4-7-14(12)20-16)10-15(21(11)2)17(22)19-9-5-8-18/h3-4,6-7,10H,5,8-9,18H2,1-2H3,(H,19,22)/p+1. The van der Waals surface area contributed by atoms with Crippen molar-refractivity contribution in [1.29, 1.82) is 0 Å². The number of amides is 1. The number of para-hydroxylation sites is 1. The molecule has 0 aliphatic carbocycles. The summed E-state index contributed by atoms with van der Waals surface area (Å²) in [6.07, 6.45) is 0.886. The Hall–Kier alpha value is -2.40. The van der Waals surface area contributed by atoms with Crippen LogP contribution >= 0.6 is 0 Å². The van der Waals surface area contributed by atoms with E-state index in [1.165, 1.54) is 0 Å². The van der Waals surface area contributed by atoms with Gasteiger partial charge in [-0.1, -0.05) is 18.2 Å². The molecule has 0 radical (unpaired) electrons. The number of carbonyl (C=O) groups excluding carboxylic acids is 1. The van der Waals surface area contributed by atoms with Crippen LogP contribution in [0.5, 0.6) is 0 Å². The average Bonchev–Trinajstić information content (AvgIpc) is 2.90. The van der Waals surface area contributed by atoms with Gasteiger partial charge in [0.25, 0.3) is 5.91 Å². The number of pyridine rings is 1. The predicted molar refractivity (Wildman–Crippen MR) is 86.8 cm³/mol. The van der Waals surface area contributed by atoms with Crippen LogP contribution in [0.2, 0.25) is 0 Å². The number of fused-ring (bicyclic) bond motifs is 3. The molecule has 0 bridgehead atoms. The van der Waals surface area contributed by atoms with Gasteiger partial charge >= 0.3 is 0 Å². The Bertz CT molecular complexity index is 806. The van der Waals surface area contributed by atoms with Crippen LogP contribution in [0.15, 0.2) is 30.3 Å². The van der Waals surface area contributed by atoms with Crippen molar-refractivity contribution >= 4 is 16.8 Å². The summed E-state index contributed by atoms with van der Waals surface area (Å²) in [7, 11) is 1.91. The van der Waals surface area contributed by atoms with Crippen LogP contribution in [-0.4, -0.2) is 28.5 Å². The highest BCUT2D eigenvalue weighted by Gasteiger charge is 2.20. The van der Waals surface area contributed by atoms with Crippen molar-refractivity contribution in [2.75, 3.05) is 13.1 Å². The fraction of sp³-hybridized carbons (Fsp3) is 0.294. The lowest BCUT2D eigenvalue weighted by Gasteiger charge is -2.15. The van der Waals surface area contributed by atoms with Crippen LogP contribution in [0.1, 0.15) is 22.6 Å². The van der Waals surface area contributed by atoms with Gasteiger partial charge in [-0.25, -0.2) is 4.98 Å². The summed E-state index contributed by atoms with van der Waals surface area (Å²) in [4.78, 5) is 17.1. The molecule has 2 aliphatic rings. The highest BCUT2D eigenvalue weighted by molar-refractivity contribution is 6.01. The first-order valence-electron chi connectivity index (χ1n) is 7.55. The molecule has 0 unspecified atom stereocenters. The van der Waals surface area contributed by atoms with Crippen LogP contribution in [0, 0.1) is 6.92 Å². The first-order chi connectivity index (χ1) is 10.6. The van der Waals surface area contributed by atoms with Gasteiger partial charge in [0, 0.05) is 36.7 Å². The smallest absolute Gasteiger partial charge is 0.267 e. The molecule has 1 amide bonds. The summed E-state index contributed by atoms with van der Waals surface area (Å²) in [6.45, 7) is 3.47. The maximum atomic E-state index is 12.4. The second kappa shape index (κ2) is 5.77. The number of hydrogen-bond donors (Lipinski definition) is 2. The lowest BCUT2D eigenvalue weighted by atomic mass is 10.1. The van der Waals surface area contributed by atoms with Crippen molar-refractivity contribution < 1.29 is 10.5 Å².